The molecule has 0 aliphatic rings. The smallest absolute Gasteiger partial charge is 0.335 e. The van der Waals surface area contributed by atoms with Crippen molar-refractivity contribution in [1.82, 2.24) is 4.57 Å². The lowest BCUT2D eigenvalue weighted by Crippen LogP contribution is -2.00. The first-order valence-corrected chi connectivity index (χ1v) is 7.93. The van der Waals surface area contributed by atoms with E-state index in [0.717, 1.165) is 38.0 Å². The standard InChI is InChI=1S/C18H12FNO2S/c19-17-8-6-12(23-17)10-20-15-4-2-1-3-13(15)14-7-5-11(18(21)22)9-16(14)20/h1-9H,10H2,(H,21,22). The SMILES string of the molecule is O=C(O)c1ccc2c3ccccc3n(Cc3ccc(F)s3)c2c1. The van der Waals surface area contributed by atoms with E-state index in [1.807, 2.05) is 34.9 Å². The minimum atomic E-state index is -0.953. The predicted molar refractivity (Wildman–Crippen MR) is 89.8 cm³/mol. The zero-order valence-electron chi connectivity index (χ0n) is 12.0. The van der Waals surface area contributed by atoms with Crippen molar-refractivity contribution >= 4 is 39.1 Å². The average Bonchev–Trinajstić information content (AvgIpc) is 3.10. The van der Waals surface area contributed by atoms with Gasteiger partial charge in [-0.15, -0.1) is 11.3 Å². The third kappa shape index (κ3) is 2.29. The summed E-state index contributed by atoms with van der Waals surface area (Å²) in [4.78, 5) is 12.2. The summed E-state index contributed by atoms with van der Waals surface area (Å²) in [6.07, 6.45) is 0. The number of carbonyl (C=O) groups is 1. The zero-order chi connectivity index (χ0) is 16.0. The molecule has 3 nitrogen and oxygen atoms in total. The topological polar surface area (TPSA) is 42.2 Å². The quantitative estimate of drug-likeness (QED) is 0.591. The predicted octanol–water partition coefficient (Wildman–Crippen LogP) is 4.74. The molecule has 0 bridgehead atoms. The molecule has 0 fully saturated rings. The van der Waals surface area contributed by atoms with Crippen molar-refractivity contribution in [1.29, 1.82) is 0 Å². The van der Waals surface area contributed by atoms with Gasteiger partial charge in [0.1, 0.15) is 0 Å². The van der Waals surface area contributed by atoms with Gasteiger partial charge in [-0.25, -0.2) is 4.79 Å². The molecule has 0 radical (unpaired) electrons. The number of carboxylic acids is 1. The minimum absolute atomic E-state index is 0.216. The van der Waals surface area contributed by atoms with Crippen LogP contribution in [0.3, 0.4) is 0 Å². The molecule has 5 heteroatoms. The summed E-state index contributed by atoms with van der Waals surface area (Å²) in [6, 6.07) is 16.3. The summed E-state index contributed by atoms with van der Waals surface area (Å²) in [5, 5.41) is 11.1. The van der Waals surface area contributed by atoms with E-state index >= 15 is 0 Å². The highest BCUT2D eigenvalue weighted by Gasteiger charge is 2.14. The number of rotatable bonds is 3. The van der Waals surface area contributed by atoms with Gasteiger partial charge in [0.2, 0.25) is 0 Å². The third-order valence-corrected chi connectivity index (χ3v) is 4.82. The fraction of sp³-hybridized carbons (Fsp3) is 0.0556. The number of hydrogen-bond acceptors (Lipinski definition) is 2. The van der Waals surface area contributed by atoms with Crippen LogP contribution in [0.5, 0.6) is 0 Å². The molecule has 2 aromatic carbocycles. The number of aromatic carboxylic acids is 1. The lowest BCUT2D eigenvalue weighted by molar-refractivity contribution is 0.0697. The molecule has 0 unspecified atom stereocenters. The molecule has 4 aromatic rings. The number of para-hydroxylation sites is 1. The highest BCUT2D eigenvalue weighted by molar-refractivity contribution is 7.10. The van der Waals surface area contributed by atoms with Crippen LogP contribution in [0.4, 0.5) is 4.39 Å². The van der Waals surface area contributed by atoms with Gasteiger partial charge in [-0.05, 0) is 30.3 Å². The van der Waals surface area contributed by atoms with Gasteiger partial charge in [0.15, 0.2) is 5.13 Å². The van der Waals surface area contributed by atoms with Crippen molar-refractivity contribution in [3.63, 3.8) is 0 Å². The maximum absolute atomic E-state index is 13.3. The molecule has 114 valence electrons. The van der Waals surface area contributed by atoms with Gasteiger partial charge >= 0.3 is 5.97 Å². The number of benzene rings is 2. The number of halogens is 1. The number of hydrogen-bond donors (Lipinski definition) is 1. The second-order valence-corrected chi connectivity index (χ2v) is 6.46. The Bertz CT molecular complexity index is 1050. The molecule has 1 N–H and O–H groups in total. The van der Waals surface area contributed by atoms with Crippen LogP contribution in [-0.2, 0) is 6.54 Å². The number of carboxylic acid groups (broad SMARTS) is 1. The van der Waals surface area contributed by atoms with Crippen molar-refractivity contribution in [2.24, 2.45) is 0 Å². The summed E-state index contributed by atoms with van der Waals surface area (Å²) in [7, 11) is 0. The first-order chi connectivity index (χ1) is 11.1. The summed E-state index contributed by atoms with van der Waals surface area (Å²) in [5.41, 5.74) is 2.11. The Morgan fingerprint density at radius 2 is 1.83 bits per heavy atom. The molecule has 0 atom stereocenters. The van der Waals surface area contributed by atoms with E-state index in [0.29, 0.717) is 6.54 Å². The average molecular weight is 325 g/mol. The van der Waals surface area contributed by atoms with Gasteiger partial charge in [0.25, 0.3) is 0 Å². The molecule has 0 saturated carbocycles. The largest absolute Gasteiger partial charge is 0.478 e. The highest BCUT2D eigenvalue weighted by Crippen LogP contribution is 2.31. The Labute approximate surface area is 135 Å². The van der Waals surface area contributed by atoms with Crippen LogP contribution in [0, 0.1) is 5.13 Å². The van der Waals surface area contributed by atoms with Crippen molar-refractivity contribution < 1.29 is 14.3 Å². The van der Waals surface area contributed by atoms with Crippen LogP contribution >= 0.6 is 11.3 Å². The van der Waals surface area contributed by atoms with Gasteiger partial charge in [-0.1, -0.05) is 24.3 Å². The molecular formula is C18H12FNO2S. The highest BCUT2D eigenvalue weighted by atomic mass is 32.1. The lowest BCUT2D eigenvalue weighted by atomic mass is 10.1. The van der Waals surface area contributed by atoms with Crippen molar-refractivity contribution in [3.8, 4) is 0 Å². The Kier molecular flexibility index (Phi) is 3.16. The number of thiophene rings is 1. The van der Waals surface area contributed by atoms with Crippen molar-refractivity contribution in [2.75, 3.05) is 0 Å². The molecule has 23 heavy (non-hydrogen) atoms. The number of fused-ring (bicyclic) bond motifs is 3. The summed E-state index contributed by atoms with van der Waals surface area (Å²) < 4.78 is 15.3. The van der Waals surface area contributed by atoms with E-state index in [4.69, 9.17) is 0 Å². The van der Waals surface area contributed by atoms with E-state index in [-0.39, 0.29) is 10.7 Å². The Morgan fingerprint density at radius 1 is 1.04 bits per heavy atom. The normalized spacial score (nSPS) is 11.3. The number of nitrogens with zero attached hydrogens (tertiary/aromatic N) is 1. The lowest BCUT2D eigenvalue weighted by Gasteiger charge is -2.06. The molecule has 4 rings (SSSR count). The molecule has 0 saturated heterocycles. The minimum Gasteiger partial charge on any atom is -0.478 e. The summed E-state index contributed by atoms with van der Waals surface area (Å²) in [5.74, 6) is -0.953. The zero-order valence-corrected chi connectivity index (χ0v) is 12.8. The van der Waals surface area contributed by atoms with Crippen LogP contribution < -0.4 is 0 Å². The fourth-order valence-corrected chi connectivity index (χ4v) is 3.66. The molecule has 0 aliphatic heterocycles. The van der Waals surface area contributed by atoms with E-state index in [1.54, 1.807) is 18.2 Å². The van der Waals surface area contributed by atoms with Crippen LogP contribution in [0.25, 0.3) is 21.8 Å². The molecule has 0 amide bonds. The van der Waals surface area contributed by atoms with Gasteiger partial charge < -0.3 is 9.67 Å². The van der Waals surface area contributed by atoms with E-state index < -0.39 is 5.97 Å². The first kappa shape index (κ1) is 14.0. The Morgan fingerprint density at radius 3 is 2.57 bits per heavy atom. The van der Waals surface area contributed by atoms with Gasteiger partial charge in [-0.3, -0.25) is 0 Å². The molecule has 0 aliphatic carbocycles. The Hall–Kier alpha value is -2.66. The maximum atomic E-state index is 13.3. The van der Waals surface area contributed by atoms with Gasteiger partial charge in [0.05, 0.1) is 17.6 Å². The van der Waals surface area contributed by atoms with Gasteiger partial charge in [0, 0.05) is 21.2 Å². The maximum Gasteiger partial charge on any atom is 0.335 e. The van der Waals surface area contributed by atoms with Crippen LogP contribution in [0.1, 0.15) is 15.2 Å². The second-order valence-electron chi connectivity index (χ2n) is 5.35. The monoisotopic (exact) mass is 325 g/mol. The number of aromatic nitrogens is 1. The van der Waals surface area contributed by atoms with Crippen LogP contribution in [0.15, 0.2) is 54.6 Å². The second kappa shape index (κ2) is 5.21. The molecular weight excluding hydrogens is 313 g/mol. The summed E-state index contributed by atoms with van der Waals surface area (Å²) in [6.45, 7) is 0.516. The van der Waals surface area contributed by atoms with E-state index in [2.05, 4.69) is 0 Å². The molecule has 0 spiro atoms. The third-order valence-electron chi connectivity index (χ3n) is 3.96. The van der Waals surface area contributed by atoms with Crippen LogP contribution in [0.2, 0.25) is 0 Å². The molecule has 2 heterocycles. The molecule has 2 aromatic heterocycles. The van der Waals surface area contributed by atoms with E-state index in [1.165, 1.54) is 6.07 Å². The van der Waals surface area contributed by atoms with Crippen LogP contribution in [-0.4, -0.2) is 15.6 Å². The Balaban J connectivity index is 2.00. The van der Waals surface area contributed by atoms with Gasteiger partial charge in [-0.2, -0.15) is 4.39 Å². The first-order valence-electron chi connectivity index (χ1n) is 7.12. The van der Waals surface area contributed by atoms with Crippen molar-refractivity contribution in [2.45, 2.75) is 6.54 Å². The fourth-order valence-electron chi connectivity index (χ4n) is 2.95. The van der Waals surface area contributed by atoms with Crippen molar-refractivity contribution in [3.05, 3.63) is 70.2 Å². The summed E-state index contributed by atoms with van der Waals surface area (Å²) >= 11 is 1.11. The van der Waals surface area contributed by atoms with E-state index in [9.17, 15) is 14.3 Å².